The summed E-state index contributed by atoms with van der Waals surface area (Å²) in [7, 11) is 0. The van der Waals surface area contributed by atoms with Gasteiger partial charge in [-0.2, -0.15) is 0 Å². The highest BCUT2D eigenvalue weighted by Crippen LogP contribution is 2.19. The van der Waals surface area contributed by atoms with E-state index in [-0.39, 0.29) is 0 Å². The summed E-state index contributed by atoms with van der Waals surface area (Å²) >= 11 is 0. The maximum absolute atomic E-state index is 4.49. The Morgan fingerprint density at radius 2 is 1.59 bits per heavy atom. The van der Waals surface area contributed by atoms with Gasteiger partial charge < -0.3 is 0 Å². The Hall–Kier alpha value is -2.15. The molecule has 0 saturated carbocycles. The summed E-state index contributed by atoms with van der Waals surface area (Å²) in [5.74, 6) is 0. The zero-order valence-corrected chi connectivity index (χ0v) is 9.58. The predicted octanol–water partition coefficient (Wildman–Crippen LogP) is 4.28. The van der Waals surface area contributed by atoms with E-state index < -0.39 is 0 Å². The van der Waals surface area contributed by atoms with E-state index in [4.69, 9.17) is 0 Å². The van der Waals surface area contributed by atoms with Crippen molar-refractivity contribution in [3.8, 4) is 0 Å². The van der Waals surface area contributed by atoms with Gasteiger partial charge in [0.05, 0.1) is 5.69 Å². The van der Waals surface area contributed by atoms with Crippen molar-refractivity contribution in [2.45, 2.75) is 0 Å². The average Bonchev–Trinajstić information content (AvgIpc) is 2.39. The summed E-state index contributed by atoms with van der Waals surface area (Å²) in [6.45, 7) is 3.71. The van der Waals surface area contributed by atoms with Crippen LogP contribution in [0.3, 0.4) is 0 Å². The van der Waals surface area contributed by atoms with Crippen LogP contribution < -0.4 is 0 Å². The van der Waals surface area contributed by atoms with Crippen LogP contribution in [-0.2, 0) is 0 Å². The van der Waals surface area contributed by atoms with Gasteiger partial charge in [0, 0.05) is 6.21 Å². The number of para-hydroxylation sites is 1. The zero-order valence-electron chi connectivity index (χ0n) is 9.58. The minimum atomic E-state index is 0.955. The van der Waals surface area contributed by atoms with Crippen LogP contribution >= 0.6 is 0 Å². The van der Waals surface area contributed by atoms with Crippen molar-refractivity contribution in [2.75, 3.05) is 0 Å². The van der Waals surface area contributed by atoms with Gasteiger partial charge >= 0.3 is 0 Å². The van der Waals surface area contributed by atoms with Crippen molar-refractivity contribution in [3.05, 3.63) is 78.7 Å². The molecule has 0 aromatic heterocycles. The summed E-state index contributed by atoms with van der Waals surface area (Å²) in [5, 5.41) is 0. The Morgan fingerprint density at radius 3 is 2.35 bits per heavy atom. The molecular weight excluding hydrogens is 206 g/mol. The third kappa shape index (κ3) is 3.15. The van der Waals surface area contributed by atoms with Crippen molar-refractivity contribution in [2.24, 2.45) is 4.99 Å². The summed E-state index contributed by atoms with van der Waals surface area (Å²) in [5.41, 5.74) is 3.13. The van der Waals surface area contributed by atoms with E-state index in [1.165, 1.54) is 0 Å². The molecule has 0 aliphatic heterocycles. The first-order valence-corrected chi connectivity index (χ1v) is 5.54. The molecule has 0 bridgehead atoms. The number of allylic oxidation sites excluding steroid dienone is 1. The maximum atomic E-state index is 4.49. The molecular formula is C16H14N. The van der Waals surface area contributed by atoms with Crippen LogP contribution in [0.1, 0.15) is 11.1 Å². The topological polar surface area (TPSA) is 12.4 Å². The number of hydrogen-bond donors (Lipinski definition) is 0. The van der Waals surface area contributed by atoms with Gasteiger partial charge in [0.25, 0.3) is 0 Å². The van der Waals surface area contributed by atoms with E-state index >= 15 is 0 Å². The number of benzene rings is 2. The van der Waals surface area contributed by atoms with Gasteiger partial charge in [0.15, 0.2) is 0 Å². The largest absolute Gasteiger partial charge is 0.256 e. The molecule has 0 unspecified atom stereocenters. The van der Waals surface area contributed by atoms with Crippen molar-refractivity contribution in [3.63, 3.8) is 0 Å². The first-order chi connectivity index (χ1) is 8.40. The van der Waals surface area contributed by atoms with Crippen LogP contribution in [0.5, 0.6) is 0 Å². The maximum Gasteiger partial charge on any atom is 0.0702 e. The van der Waals surface area contributed by atoms with E-state index in [2.05, 4.69) is 11.9 Å². The SMILES string of the molecule is [CH2]/C=C/c1ccccc1/N=C/c1ccccc1. The highest BCUT2D eigenvalue weighted by molar-refractivity contribution is 5.83. The van der Waals surface area contributed by atoms with E-state index in [1.807, 2.05) is 66.9 Å². The van der Waals surface area contributed by atoms with Gasteiger partial charge in [-0.25, -0.2) is 0 Å². The van der Waals surface area contributed by atoms with E-state index in [0.717, 1.165) is 16.8 Å². The molecule has 1 nitrogen and oxygen atoms in total. The second kappa shape index (κ2) is 5.80. The molecule has 0 fully saturated rings. The first-order valence-electron chi connectivity index (χ1n) is 5.54. The van der Waals surface area contributed by atoms with Gasteiger partial charge in [-0.3, -0.25) is 4.99 Å². The van der Waals surface area contributed by atoms with E-state index in [1.54, 1.807) is 6.08 Å². The molecule has 0 N–H and O–H groups in total. The van der Waals surface area contributed by atoms with Crippen LogP contribution in [0.2, 0.25) is 0 Å². The normalized spacial score (nSPS) is 11.4. The molecule has 0 atom stereocenters. The number of rotatable bonds is 3. The highest BCUT2D eigenvalue weighted by atomic mass is 14.7. The monoisotopic (exact) mass is 220 g/mol. The highest BCUT2D eigenvalue weighted by Gasteiger charge is 1.94. The first kappa shape index (κ1) is 11.3. The Kier molecular flexibility index (Phi) is 3.87. The minimum Gasteiger partial charge on any atom is -0.256 e. The van der Waals surface area contributed by atoms with Crippen molar-refractivity contribution in [1.82, 2.24) is 0 Å². The van der Waals surface area contributed by atoms with Gasteiger partial charge in [-0.05, 0) is 24.1 Å². The molecule has 0 heterocycles. The Balaban J connectivity index is 2.27. The summed E-state index contributed by atoms with van der Waals surface area (Å²) < 4.78 is 0. The quantitative estimate of drug-likeness (QED) is 0.684. The molecule has 0 aliphatic carbocycles. The summed E-state index contributed by atoms with van der Waals surface area (Å²) in [4.78, 5) is 4.49. The molecule has 0 amide bonds. The van der Waals surface area contributed by atoms with Crippen LogP contribution in [0.15, 0.2) is 65.7 Å². The molecule has 17 heavy (non-hydrogen) atoms. The fraction of sp³-hybridized carbons (Fsp3) is 0. The van der Waals surface area contributed by atoms with Crippen molar-refractivity contribution < 1.29 is 0 Å². The molecule has 0 saturated heterocycles. The number of nitrogens with zero attached hydrogens (tertiary/aromatic N) is 1. The molecule has 2 aromatic rings. The summed E-state index contributed by atoms with van der Waals surface area (Å²) in [6, 6.07) is 18.1. The second-order valence-corrected chi connectivity index (χ2v) is 3.63. The van der Waals surface area contributed by atoms with Crippen LogP contribution in [0.4, 0.5) is 5.69 Å². The fourth-order valence-electron chi connectivity index (χ4n) is 1.56. The molecule has 1 heteroatoms. The van der Waals surface area contributed by atoms with Crippen LogP contribution in [0.25, 0.3) is 6.08 Å². The van der Waals surface area contributed by atoms with Gasteiger partial charge in [0.2, 0.25) is 0 Å². The Bertz CT molecular complexity index is 524. The Morgan fingerprint density at radius 1 is 0.882 bits per heavy atom. The third-order valence-electron chi connectivity index (χ3n) is 2.39. The lowest BCUT2D eigenvalue weighted by Crippen LogP contribution is -1.79. The molecule has 2 aromatic carbocycles. The van der Waals surface area contributed by atoms with Crippen molar-refractivity contribution in [1.29, 1.82) is 0 Å². The van der Waals surface area contributed by atoms with Gasteiger partial charge in [0.1, 0.15) is 0 Å². The minimum absolute atomic E-state index is 0.955. The fourth-order valence-corrected chi connectivity index (χ4v) is 1.56. The second-order valence-electron chi connectivity index (χ2n) is 3.63. The van der Waals surface area contributed by atoms with E-state index in [9.17, 15) is 0 Å². The number of aliphatic imine (C=N–C) groups is 1. The van der Waals surface area contributed by atoms with Crippen LogP contribution in [-0.4, -0.2) is 6.21 Å². The lowest BCUT2D eigenvalue weighted by Gasteiger charge is -1.99. The molecule has 0 aliphatic rings. The molecule has 0 spiro atoms. The zero-order chi connectivity index (χ0) is 11.9. The number of hydrogen-bond acceptors (Lipinski definition) is 1. The summed E-state index contributed by atoms with van der Waals surface area (Å²) in [6.07, 6.45) is 5.60. The lowest BCUT2D eigenvalue weighted by molar-refractivity contribution is 1.50. The van der Waals surface area contributed by atoms with Gasteiger partial charge in [-0.15, -0.1) is 0 Å². The standard InChI is InChI=1S/C16H14N/c1-2-8-15-11-6-7-12-16(15)17-13-14-9-4-3-5-10-14/h2-13H,1H2/b8-2+,17-13+. The van der Waals surface area contributed by atoms with Gasteiger partial charge in [-0.1, -0.05) is 60.7 Å². The predicted molar refractivity (Wildman–Crippen MR) is 74.5 cm³/mol. The molecule has 2 rings (SSSR count). The smallest absolute Gasteiger partial charge is 0.0702 e. The van der Waals surface area contributed by atoms with E-state index in [0.29, 0.717) is 0 Å². The van der Waals surface area contributed by atoms with Crippen molar-refractivity contribution >= 4 is 18.0 Å². The third-order valence-corrected chi connectivity index (χ3v) is 2.39. The molecule has 83 valence electrons. The average molecular weight is 220 g/mol. The van der Waals surface area contributed by atoms with Crippen LogP contribution in [0, 0.1) is 6.92 Å². The molecule has 1 radical (unpaired) electrons. The Labute approximate surface area is 102 Å². The lowest BCUT2D eigenvalue weighted by atomic mass is 10.1.